The van der Waals surface area contributed by atoms with Crippen molar-refractivity contribution < 1.29 is 14.2 Å². The molecule has 70 valence electrons. The van der Waals surface area contributed by atoms with Crippen LogP contribution in [0.25, 0.3) is 0 Å². The minimum atomic E-state index is -1.41. The first-order chi connectivity index (χ1) is 5.54. The summed E-state index contributed by atoms with van der Waals surface area (Å²) in [6, 6.07) is 0. The van der Waals surface area contributed by atoms with Gasteiger partial charge in [-0.1, -0.05) is 5.92 Å². The minimum Gasteiger partial charge on any atom is -0.385 e. The Bertz CT molecular complexity index is 164. The molecule has 0 fully saturated rings. The normalized spacial score (nSPS) is 17.9. The number of rotatable bonds is 5. The second kappa shape index (κ2) is 5.50. The molecule has 0 aromatic heterocycles. The highest BCUT2D eigenvalue weighted by atomic mass is 31.2. The van der Waals surface area contributed by atoms with Crippen LogP contribution < -0.4 is 0 Å². The zero-order chi connectivity index (χ0) is 9.61. The van der Waals surface area contributed by atoms with Gasteiger partial charge in [0.25, 0.3) is 0 Å². The van der Waals surface area contributed by atoms with Gasteiger partial charge in [0.05, 0.1) is 0 Å². The van der Waals surface area contributed by atoms with E-state index < -0.39 is 14.0 Å². The van der Waals surface area contributed by atoms with Crippen molar-refractivity contribution in [3.63, 3.8) is 0 Å². The van der Waals surface area contributed by atoms with Crippen LogP contribution >= 0.6 is 8.38 Å². The molecule has 0 amide bonds. The Morgan fingerprint density at radius 1 is 1.67 bits per heavy atom. The Kier molecular flexibility index (Phi) is 5.44. The topological polar surface area (TPSA) is 38.7 Å². The summed E-state index contributed by atoms with van der Waals surface area (Å²) in [5, 5.41) is 0. The Morgan fingerprint density at radius 3 is 2.58 bits per heavy atom. The van der Waals surface area contributed by atoms with Crippen molar-refractivity contribution in [3.05, 3.63) is 0 Å². The molecular formula is C8H15O3P. The Morgan fingerprint density at radius 2 is 2.25 bits per heavy atom. The second-order valence-corrected chi connectivity index (χ2v) is 3.78. The van der Waals surface area contributed by atoms with E-state index in [0.29, 0.717) is 13.0 Å². The minimum absolute atomic E-state index is 0.532. The molecule has 0 aliphatic carbocycles. The Hall–Kier alpha value is -0.130. The van der Waals surface area contributed by atoms with Gasteiger partial charge in [0.1, 0.15) is 5.60 Å². The van der Waals surface area contributed by atoms with E-state index in [2.05, 4.69) is 5.92 Å². The van der Waals surface area contributed by atoms with Crippen LogP contribution in [0.3, 0.4) is 0 Å². The van der Waals surface area contributed by atoms with Gasteiger partial charge in [-0.25, -0.2) is 0 Å². The molecular weight excluding hydrogens is 175 g/mol. The zero-order valence-corrected chi connectivity index (χ0v) is 8.60. The summed E-state index contributed by atoms with van der Waals surface area (Å²) in [7, 11) is 0.193. The van der Waals surface area contributed by atoms with E-state index in [4.69, 9.17) is 20.6 Å². The molecule has 3 nitrogen and oxygen atoms in total. The average molecular weight is 190 g/mol. The van der Waals surface area contributed by atoms with E-state index in [1.807, 2.05) is 0 Å². The van der Waals surface area contributed by atoms with Crippen LogP contribution in [-0.2, 0) is 9.26 Å². The number of methoxy groups -OCH3 is 1. The number of terminal acetylenes is 1. The zero-order valence-electron chi connectivity index (χ0n) is 7.70. The number of hydrogen-bond donors (Lipinski definition) is 1. The smallest absolute Gasteiger partial charge is 0.165 e. The molecule has 4 heteroatoms. The van der Waals surface area contributed by atoms with E-state index in [-0.39, 0.29) is 0 Å². The summed E-state index contributed by atoms with van der Waals surface area (Å²) in [4.78, 5) is 9.02. The van der Waals surface area contributed by atoms with Crippen molar-refractivity contribution in [3.8, 4) is 12.3 Å². The fourth-order valence-electron chi connectivity index (χ4n) is 0.733. The molecule has 12 heavy (non-hydrogen) atoms. The molecule has 0 spiro atoms. The highest BCUT2D eigenvalue weighted by molar-refractivity contribution is 7.45. The highest BCUT2D eigenvalue weighted by Gasteiger charge is 2.24. The summed E-state index contributed by atoms with van der Waals surface area (Å²) >= 11 is 0. The van der Waals surface area contributed by atoms with Crippen LogP contribution in [0.15, 0.2) is 0 Å². The molecule has 2 unspecified atom stereocenters. The van der Waals surface area contributed by atoms with Gasteiger partial charge >= 0.3 is 0 Å². The largest absolute Gasteiger partial charge is 0.385 e. The lowest BCUT2D eigenvalue weighted by Crippen LogP contribution is -2.26. The molecule has 0 saturated carbocycles. The van der Waals surface area contributed by atoms with E-state index in [1.54, 1.807) is 20.7 Å². The molecule has 0 aromatic carbocycles. The first kappa shape index (κ1) is 11.9. The van der Waals surface area contributed by atoms with Crippen LogP contribution in [0.5, 0.6) is 0 Å². The molecule has 0 radical (unpaired) electrons. The molecule has 0 aliphatic rings. The van der Waals surface area contributed by atoms with Crippen molar-refractivity contribution in [1.29, 1.82) is 0 Å². The highest BCUT2D eigenvalue weighted by Crippen LogP contribution is 2.34. The number of ether oxygens (including phenoxy) is 1. The predicted octanol–water partition coefficient (Wildman–Crippen LogP) is 1.37. The molecule has 0 aromatic rings. The van der Waals surface area contributed by atoms with E-state index in [1.165, 1.54) is 0 Å². The maximum atomic E-state index is 9.02. The third-order valence-corrected chi connectivity index (χ3v) is 2.09. The van der Waals surface area contributed by atoms with Gasteiger partial charge in [-0.05, 0) is 6.92 Å². The Labute approximate surface area is 75.0 Å². The van der Waals surface area contributed by atoms with Crippen LogP contribution in [0, 0.1) is 12.3 Å². The predicted molar refractivity (Wildman–Crippen MR) is 49.9 cm³/mol. The van der Waals surface area contributed by atoms with E-state index in [9.17, 15) is 0 Å². The van der Waals surface area contributed by atoms with Crippen molar-refractivity contribution in [1.82, 2.24) is 0 Å². The van der Waals surface area contributed by atoms with Gasteiger partial charge in [-0.3, -0.25) is 0 Å². The van der Waals surface area contributed by atoms with Crippen LogP contribution in [-0.4, -0.2) is 30.9 Å². The summed E-state index contributed by atoms with van der Waals surface area (Å²) in [5.41, 5.74) is -0.703. The molecule has 0 saturated heterocycles. The van der Waals surface area contributed by atoms with E-state index >= 15 is 0 Å². The molecule has 0 aliphatic heterocycles. The van der Waals surface area contributed by atoms with Gasteiger partial charge in [-0.2, -0.15) is 0 Å². The van der Waals surface area contributed by atoms with Gasteiger partial charge < -0.3 is 14.2 Å². The molecule has 0 heterocycles. The Balaban J connectivity index is 3.98. The van der Waals surface area contributed by atoms with Crippen LogP contribution in [0.1, 0.15) is 13.3 Å². The molecule has 0 rings (SSSR count). The summed E-state index contributed by atoms with van der Waals surface area (Å²) in [5.74, 6) is 2.50. The third-order valence-electron chi connectivity index (χ3n) is 1.42. The standard InChI is InChI=1S/C8H15O3P/c1-5-8(2,6-7-10-3)11-12(4)9/h1,9H,6-7H2,2-4H3. The average Bonchev–Trinajstić information content (AvgIpc) is 2.00. The van der Waals surface area contributed by atoms with Gasteiger partial charge in [-0.15, -0.1) is 6.42 Å². The van der Waals surface area contributed by atoms with Crippen LogP contribution in [0.4, 0.5) is 0 Å². The monoisotopic (exact) mass is 190 g/mol. The summed E-state index contributed by atoms with van der Waals surface area (Å²) in [6.45, 7) is 3.89. The summed E-state index contributed by atoms with van der Waals surface area (Å²) in [6.07, 6.45) is 5.86. The maximum Gasteiger partial charge on any atom is 0.165 e. The van der Waals surface area contributed by atoms with Crippen molar-refractivity contribution in [2.75, 3.05) is 20.4 Å². The lowest BCUT2D eigenvalue weighted by Gasteiger charge is -2.24. The lowest BCUT2D eigenvalue weighted by molar-refractivity contribution is 0.0951. The fourth-order valence-corrected chi connectivity index (χ4v) is 1.46. The second-order valence-electron chi connectivity index (χ2n) is 2.67. The van der Waals surface area contributed by atoms with E-state index in [0.717, 1.165) is 0 Å². The number of hydrogen-bond acceptors (Lipinski definition) is 3. The molecule has 2 atom stereocenters. The first-order valence-corrected chi connectivity index (χ1v) is 5.28. The third kappa shape index (κ3) is 4.69. The maximum absolute atomic E-state index is 9.02. The fraction of sp³-hybridized carbons (Fsp3) is 0.750. The van der Waals surface area contributed by atoms with Crippen molar-refractivity contribution in [2.45, 2.75) is 18.9 Å². The lowest BCUT2D eigenvalue weighted by atomic mass is 10.1. The van der Waals surface area contributed by atoms with Crippen molar-refractivity contribution >= 4 is 8.38 Å². The quantitative estimate of drug-likeness (QED) is 0.525. The van der Waals surface area contributed by atoms with Crippen molar-refractivity contribution in [2.24, 2.45) is 0 Å². The summed E-state index contributed by atoms with van der Waals surface area (Å²) < 4.78 is 10.1. The van der Waals surface area contributed by atoms with Gasteiger partial charge in [0, 0.05) is 26.8 Å². The van der Waals surface area contributed by atoms with Gasteiger partial charge in [0.15, 0.2) is 8.38 Å². The molecule has 1 N–H and O–H groups in total. The first-order valence-electron chi connectivity index (χ1n) is 3.62. The molecule has 0 bridgehead atoms. The van der Waals surface area contributed by atoms with Crippen LogP contribution in [0.2, 0.25) is 0 Å². The van der Waals surface area contributed by atoms with Gasteiger partial charge in [0.2, 0.25) is 0 Å². The SMILES string of the molecule is C#CC(C)(CCOC)OP(C)O.